The maximum atomic E-state index is 12.3. The van der Waals surface area contributed by atoms with Gasteiger partial charge in [0.25, 0.3) is 0 Å². The number of hydrogen-bond acceptors (Lipinski definition) is 4. The molecule has 2 unspecified atom stereocenters. The van der Waals surface area contributed by atoms with Crippen LogP contribution in [0.4, 0.5) is 0 Å². The molecule has 0 aromatic carbocycles. The molecule has 1 aliphatic carbocycles. The molecule has 0 bridgehead atoms. The summed E-state index contributed by atoms with van der Waals surface area (Å²) < 4.78 is 5.28. The van der Waals surface area contributed by atoms with Gasteiger partial charge >= 0.3 is 5.97 Å². The molecule has 4 heteroatoms. The van der Waals surface area contributed by atoms with Gasteiger partial charge in [-0.2, -0.15) is 0 Å². The lowest BCUT2D eigenvalue weighted by molar-refractivity contribution is -0.151. The number of ether oxygens (including phenoxy) is 1. The number of esters is 1. The molecule has 118 valence electrons. The molecule has 0 spiro atoms. The Balaban J connectivity index is 2.67. The fraction of sp³-hybridized carbons (Fsp3) is 0.938. The molecule has 0 radical (unpaired) electrons. The van der Waals surface area contributed by atoms with Gasteiger partial charge in [-0.3, -0.25) is 10.1 Å². The van der Waals surface area contributed by atoms with E-state index in [1.807, 2.05) is 13.8 Å². The summed E-state index contributed by atoms with van der Waals surface area (Å²) >= 11 is 0. The number of nitrogens with one attached hydrogen (secondary N) is 1. The zero-order valence-corrected chi connectivity index (χ0v) is 13.9. The van der Waals surface area contributed by atoms with Gasteiger partial charge in [-0.1, -0.05) is 27.2 Å². The lowest BCUT2D eigenvalue weighted by atomic mass is 10.00. The van der Waals surface area contributed by atoms with E-state index in [1.165, 1.54) is 19.3 Å². The second-order valence-corrected chi connectivity index (χ2v) is 6.31. The lowest BCUT2D eigenvalue weighted by Gasteiger charge is -2.35. The molecule has 0 aliphatic heterocycles. The summed E-state index contributed by atoms with van der Waals surface area (Å²) in [5.74, 6) is 0.539. The van der Waals surface area contributed by atoms with Gasteiger partial charge in [0, 0.05) is 19.1 Å². The number of carbonyl (C=O) groups excluding carboxylic acids is 1. The Hall–Kier alpha value is -0.610. The summed E-state index contributed by atoms with van der Waals surface area (Å²) in [6.45, 7) is 13.7. The molecule has 2 atom stereocenters. The third kappa shape index (κ3) is 5.41. The third-order valence-corrected chi connectivity index (χ3v) is 4.08. The topological polar surface area (TPSA) is 41.6 Å². The molecular formula is C16H32N2O2. The highest BCUT2D eigenvalue weighted by atomic mass is 16.5. The van der Waals surface area contributed by atoms with E-state index in [2.05, 4.69) is 31.0 Å². The number of rotatable bonds is 10. The highest BCUT2D eigenvalue weighted by Crippen LogP contribution is 2.24. The number of nitrogens with zero attached hydrogens (tertiary/aromatic N) is 1. The molecule has 0 saturated heterocycles. The average molecular weight is 284 g/mol. The van der Waals surface area contributed by atoms with Gasteiger partial charge in [0.15, 0.2) is 0 Å². The van der Waals surface area contributed by atoms with E-state index in [9.17, 15) is 4.79 Å². The van der Waals surface area contributed by atoms with Crippen molar-refractivity contribution in [3.63, 3.8) is 0 Å². The van der Waals surface area contributed by atoms with Crippen molar-refractivity contribution < 1.29 is 9.53 Å². The third-order valence-electron chi connectivity index (χ3n) is 4.08. The van der Waals surface area contributed by atoms with Gasteiger partial charge in [-0.05, 0) is 39.2 Å². The fourth-order valence-corrected chi connectivity index (χ4v) is 2.46. The second-order valence-electron chi connectivity index (χ2n) is 6.31. The van der Waals surface area contributed by atoms with Crippen LogP contribution in [0.2, 0.25) is 0 Å². The fourth-order valence-electron chi connectivity index (χ4n) is 2.46. The van der Waals surface area contributed by atoms with E-state index in [1.54, 1.807) is 0 Å². The van der Waals surface area contributed by atoms with Crippen molar-refractivity contribution in [2.24, 2.45) is 5.92 Å². The van der Waals surface area contributed by atoms with Crippen molar-refractivity contribution in [2.75, 3.05) is 26.2 Å². The number of hydrogen-bond donors (Lipinski definition) is 1. The van der Waals surface area contributed by atoms with Crippen LogP contribution in [0.15, 0.2) is 0 Å². The summed E-state index contributed by atoms with van der Waals surface area (Å²) in [6, 6.07) is 0.492. The predicted octanol–water partition coefficient (Wildman–Crippen LogP) is 2.43. The van der Waals surface area contributed by atoms with Gasteiger partial charge in [0.05, 0.1) is 6.61 Å². The van der Waals surface area contributed by atoms with Crippen molar-refractivity contribution in [1.82, 2.24) is 10.2 Å². The van der Waals surface area contributed by atoms with Gasteiger partial charge in [0.1, 0.15) is 5.54 Å². The molecule has 0 amide bonds. The van der Waals surface area contributed by atoms with Crippen LogP contribution in [0.3, 0.4) is 0 Å². The van der Waals surface area contributed by atoms with E-state index in [0.717, 1.165) is 19.6 Å². The van der Waals surface area contributed by atoms with Gasteiger partial charge < -0.3 is 9.64 Å². The molecule has 1 rings (SSSR count). The Labute approximate surface area is 124 Å². The van der Waals surface area contributed by atoms with E-state index in [-0.39, 0.29) is 5.97 Å². The minimum absolute atomic E-state index is 0.116. The molecule has 1 fully saturated rings. The molecule has 0 heterocycles. The summed E-state index contributed by atoms with van der Waals surface area (Å²) in [5, 5.41) is 3.49. The van der Waals surface area contributed by atoms with Crippen LogP contribution in [0.25, 0.3) is 0 Å². The van der Waals surface area contributed by atoms with Crippen LogP contribution < -0.4 is 5.32 Å². The Bertz CT molecular complexity index is 305. The maximum absolute atomic E-state index is 12.3. The summed E-state index contributed by atoms with van der Waals surface area (Å²) in [5.41, 5.74) is -0.583. The van der Waals surface area contributed by atoms with Crippen LogP contribution in [-0.2, 0) is 9.53 Å². The predicted molar refractivity (Wildman–Crippen MR) is 82.8 cm³/mol. The lowest BCUT2D eigenvalue weighted by Crippen LogP contribution is -2.58. The minimum atomic E-state index is -0.583. The molecule has 0 aromatic rings. The van der Waals surface area contributed by atoms with Crippen LogP contribution in [0.5, 0.6) is 0 Å². The smallest absolute Gasteiger partial charge is 0.327 e. The molecule has 1 aliphatic rings. The molecule has 0 aromatic heterocycles. The molecular weight excluding hydrogens is 252 g/mol. The van der Waals surface area contributed by atoms with Crippen LogP contribution in [-0.4, -0.2) is 48.7 Å². The van der Waals surface area contributed by atoms with Gasteiger partial charge in [-0.25, -0.2) is 0 Å². The monoisotopic (exact) mass is 284 g/mol. The zero-order chi connectivity index (χ0) is 15.2. The summed E-state index contributed by atoms with van der Waals surface area (Å²) in [4.78, 5) is 14.7. The Morgan fingerprint density at radius 1 is 1.40 bits per heavy atom. The minimum Gasteiger partial charge on any atom is -0.465 e. The largest absolute Gasteiger partial charge is 0.465 e. The normalized spacial score (nSPS) is 19.7. The van der Waals surface area contributed by atoms with Gasteiger partial charge in [0.2, 0.25) is 0 Å². The molecule has 1 N–H and O–H groups in total. The standard InChI is InChI=1S/C16H32N2O2/c1-6-13(4)11-18(7-2)12-16(5,15(19)20-8-3)17-14-9-10-14/h13-14,17H,6-12H2,1-5H3. The van der Waals surface area contributed by atoms with Crippen molar-refractivity contribution in [3.05, 3.63) is 0 Å². The first-order valence-electron chi connectivity index (χ1n) is 8.12. The molecule has 4 nitrogen and oxygen atoms in total. The SMILES string of the molecule is CCOC(=O)C(C)(CN(CC)CC(C)CC)NC1CC1. The van der Waals surface area contributed by atoms with Crippen LogP contribution in [0.1, 0.15) is 53.9 Å². The Morgan fingerprint density at radius 3 is 2.50 bits per heavy atom. The molecule has 1 saturated carbocycles. The quantitative estimate of drug-likeness (QED) is 0.626. The first kappa shape index (κ1) is 17.4. The zero-order valence-electron chi connectivity index (χ0n) is 13.9. The Morgan fingerprint density at radius 2 is 2.05 bits per heavy atom. The van der Waals surface area contributed by atoms with E-state index in [0.29, 0.717) is 18.6 Å². The highest BCUT2D eigenvalue weighted by molar-refractivity contribution is 5.80. The van der Waals surface area contributed by atoms with Crippen LogP contribution >= 0.6 is 0 Å². The van der Waals surface area contributed by atoms with Crippen molar-refractivity contribution >= 4 is 5.97 Å². The average Bonchev–Trinajstić information content (AvgIpc) is 3.21. The highest BCUT2D eigenvalue weighted by Gasteiger charge is 2.40. The van der Waals surface area contributed by atoms with Crippen molar-refractivity contribution in [2.45, 2.75) is 65.5 Å². The van der Waals surface area contributed by atoms with E-state index < -0.39 is 5.54 Å². The van der Waals surface area contributed by atoms with Gasteiger partial charge in [-0.15, -0.1) is 0 Å². The Kier molecular flexibility index (Phi) is 6.96. The van der Waals surface area contributed by atoms with Crippen molar-refractivity contribution in [1.29, 1.82) is 0 Å². The first-order valence-corrected chi connectivity index (χ1v) is 8.12. The number of likely N-dealkylation sites (N-methyl/N-ethyl adjacent to an activating group) is 1. The molecule has 20 heavy (non-hydrogen) atoms. The van der Waals surface area contributed by atoms with E-state index in [4.69, 9.17) is 4.74 Å². The maximum Gasteiger partial charge on any atom is 0.327 e. The number of carbonyl (C=O) groups is 1. The first-order chi connectivity index (χ1) is 9.45. The van der Waals surface area contributed by atoms with Crippen LogP contribution in [0, 0.1) is 5.92 Å². The van der Waals surface area contributed by atoms with E-state index >= 15 is 0 Å². The van der Waals surface area contributed by atoms with Crippen molar-refractivity contribution in [3.8, 4) is 0 Å². The second kappa shape index (κ2) is 7.99. The summed E-state index contributed by atoms with van der Waals surface area (Å²) in [7, 11) is 0. The summed E-state index contributed by atoms with van der Waals surface area (Å²) in [6.07, 6.45) is 3.52.